The molecule has 0 radical (unpaired) electrons. The van der Waals surface area contributed by atoms with Gasteiger partial charge in [0, 0.05) is 29.6 Å². The highest BCUT2D eigenvalue weighted by molar-refractivity contribution is 6.31. The molecule has 1 fully saturated rings. The topological polar surface area (TPSA) is 78.1 Å². The largest absolute Gasteiger partial charge is 0.379 e. The molecule has 2 heterocycles. The maximum atomic E-state index is 12.8. The molecule has 37 heavy (non-hydrogen) atoms. The number of imidazole rings is 1. The van der Waals surface area contributed by atoms with Crippen molar-refractivity contribution in [1.29, 1.82) is 0 Å². The summed E-state index contributed by atoms with van der Waals surface area (Å²) >= 11 is 6.07. The first-order valence-electron chi connectivity index (χ1n) is 12.4. The van der Waals surface area contributed by atoms with E-state index in [1.54, 1.807) is 6.07 Å². The van der Waals surface area contributed by atoms with Crippen molar-refractivity contribution in [3.8, 4) is 0 Å². The van der Waals surface area contributed by atoms with Crippen LogP contribution in [0.4, 0.5) is 13.2 Å². The van der Waals surface area contributed by atoms with Gasteiger partial charge in [0.2, 0.25) is 11.8 Å². The maximum Gasteiger partial charge on any atom is 0.379 e. The number of hydrogen-bond acceptors (Lipinski definition) is 3. The van der Waals surface area contributed by atoms with E-state index < -0.39 is 6.68 Å². The quantitative estimate of drug-likeness (QED) is 0.447. The van der Waals surface area contributed by atoms with Gasteiger partial charge in [0.05, 0.1) is 23.5 Å². The Bertz CT molecular complexity index is 1180. The Balaban J connectivity index is 0.000000886. The molecule has 1 aliphatic carbocycles. The van der Waals surface area contributed by atoms with E-state index >= 15 is 0 Å². The van der Waals surface area contributed by atoms with Gasteiger partial charge < -0.3 is 15.2 Å². The smallest absolute Gasteiger partial charge is 0.346 e. The summed E-state index contributed by atoms with van der Waals surface area (Å²) in [4.78, 5) is 35.5. The van der Waals surface area contributed by atoms with Crippen molar-refractivity contribution < 1.29 is 22.8 Å². The molecule has 2 N–H and O–H groups in total. The molecule has 2 atom stereocenters. The van der Waals surface area contributed by atoms with Gasteiger partial charge in [-0.1, -0.05) is 49.8 Å². The normalized spacial score (nSPS) is 21.3. The number of aromatic nitrogens is 2. The highest BCUT2D eigenvalue weighted by atomic mass is 35.5. The number of nitrogens with one attached hydrogen (secondary N) is 2. The number of hydrogen-bond donors (Lipinski definition) is 2. The number of carbonyl (C=O) groups excluding carboxylic acids is 2. The highest BCUT2D eigenvalue weighted by Gasteiger charge is 2.24. The maximum absolute atomic E-state index is 12.8. The van der Waals surface area contributed by atoms with Gasteiger partial charge >= 0.3 is 6.68 Å². The summed E-state index contributed by atoms with van der Waals surface area (Å²) in [7, 11) is 0. The summed E-state index contributed by atoms with van der Waals surface area (Å²) in [6, 6.07) is 5.31. The third-order valence-corrected chi connectivity index (χ3v) is 6.58. The van der Waals surface area contributed by atoms with E-state index in [4.69, 9.17) is 11.6 Å². The van der Waals surface area contributed by atoms with Crippen LogP contribution in [0.15, 0.2) is 53.6 Å². The number of fused-ring (bicyclic) bond motifs is 1. The SMILES string of the molecule is CCC(NC(=O)C/C1=C/C/C=C(/C(=O)N2CCCC2)C(C)C=C1)c1nc2ccc(Cl)cc2[nH]1.FC(F)F. The lowest BCUT2D eigenvalue weighted by Gasteiger charge is -2.21. The zero-order valence-corrected chi connectivity index (χ0v) is 21.7. The molecule has 0 bridgehead atoms. The van der Waals surface area contributed by atoms with Crippen LogP contribution in [0.2, 0.25) is 5.02 Å². The summed E-state index contributed by atoms with van der Waals surface area (Å²) < 4.78 is 29.0. The zero-order chi connectivity index (χ0) is 26.9. The summed E-state index contributed by atoms with van der Waals surface area (Å²) in [5, 5.41) is 3.75. The van der Waals surface area contributed by atoms with Gasteiger partial charge in [0.25, 0.3) is 0 Å². The van der Waals surface area contributed by atoms with Crippen LogP contribution in [0.25, 0.3) is 11.0 Å². The zero-order valence-electron chi connectivity index (χ0n) is 20.9. The van der Waals surface area contributed by atoms with Crippen molar-refractivity contribution in [3.63, 3.8) is 0 Å². The summed E-state index contributed by atoms with van der Waals surface area (Å²) in [6.45, 7) is 2.10. The first-order chi connectivity index (χ1) is 17.7. The van der Waals surface area contributed by atoms with E-state index in [-0.39, 0.29) is 30.2 Å². The highest BCUT2D eigenvalue weighted by Crippen LogP contribution is 2.24. The predicted molar refractivity (Wildman–Crippen MR) is 139 cm³/mol. The fourth-order valence-electron chi connectivity index (χ4n) is 4.44. The minimum Gasteiger partial charge on any atom is -0.346 e. The van der Waals surface area contributed by atoms with Gasteiger partial charge in [-0.05, 0) is 49.5 Å². The molecular formula is C27H32ClF3N4O2. The second kappa shape index (κ2) is 13.5. The molecule has 2 unspecified atom stereocenters. The van der Waals surface area contributed by atoms with E-state index in [1.165, 1.54) is 0 Å². The Labute approximate surface area is 219 Å². The van der Waals surface area contributed by atoms with Crippen LogP contribution in [0, 0.1) is 5.92 Å². The van der Waals surface area contributed by atoms with E-state index in [1.807, 2.05) is 55.2 Å². The minimum atomic E-state index is -3.67. The second-order valence-electron chi connectivity index (χ2n) is 9.06. The van der Waals surface area contributed by atoms with E-state index in [0.717, 1.165) is 60.4 Å². The Kier molecular flexibility index (Phi) is 10.4. The average Bonchev–Trinajstić information content (AvgIpc) is 3.51. The first-order valence-corrected chi connectivity index (χ1v) is 12.8. The van der Waals surface area contributed by atoms with E-state index in [9.17, 15) is 22.8 Å². The molecular weight excluding hydrogens is 505 g/mol. The van der Waals surface area contributed by atoms with Crippen LogP contribution in [0.5, 0.6) is 0 Å². The minimum absolute atomic E-state index is 0.0237. The fraction of sp³-hybridized carbons (Fsp3) is 0.444. The number of benzene rings is 1. The molecule has 1 aliphatic heterocycles. The molecule has 2 amide bonds. The van der Waals surface area contributed by atoms with Crippen LogP contribution in [0.1, 0.15) is 57.8 Å². The number of H-pyrrole nitrogens is 1. The van der Waals surface area contributed by atoms with Crippen LogP contribution >= 0.6 is 11.6 Å². The third kappa shape index (κ3) is 8.21. The number of likely N-dealkylation sites (tertiary alicyclic amines) is 1. The summed E-state index contributed by atoms with van der Waals surface area (Å²) in [5.74, 6) is 0.849. The van der Waals surface area contributed by atoms with E-state index in [2.05, 4.69) is 15.3 Å². The number of alkyl halides is 3. The predicted octanol–water partition coefficient (Wildman–Crippen LogP) is 6.42. The summed E-state index contributed by atoms with van der Waals surface area (Å²) in [6.07, 6.45) is 11.9. The molecule has 0 spiro atoms. The lowest BCUT2D eigenvalue weighted by molar-refractivity contribution is -0.126. The molecule has 4 rings (SSSR count). The van der Waals surface area contributed by atoms with Gasteiger partial charge in [0.15, 0.2) is 0 Å². The van der Waals surface area contributed by atoms with Gasteiger partial charge in [0.1, 0.15) is 5.82 Å². The van der Waals surface area contributed by atoms with Gasteiger partial charge in [-0.25, -0.2) is 4.98 Å². The van der Waals surface area contributed by atoms with Gasteiger partial charge in [-0.3, -0.25) is 9.59 Å². The Morgan fingerprint density at radius 1 is 1.22 bits per heavy atom. The van der Waals surface area contributed by atoms with Crippen molar-refractivity contribution in [3.05, 3.63) is 64.5 Å². The Morgan fingerprint density at radius 2 is 1.92 bits per heavy atom. The molecule has 10 heteroatoms. The molecule has 6 nitrogen and oxygen atoms in total. The molecule has 1 aromatic heterocycles. The number of aromatic amines is 1. The van der Waals surface area contributed by atoms with E-state index in [0.29, 0.717) is 11.4 Å². The number of amides is 2. The summed E-state index contributed by atoms with van der Waals surface area (Å²) in [5.41, 5.74) is 3.49. The molecule has 1 aromatic carbocycles. The third-order valence-electron chi connectivity index (χ3n) is 6.35. The van der Waals surface area contributed by atoms with Crippen molar-refractivity contribution in [2.24, 2.45) is 5.92 Å². The number of carbonyl (C=O) groups is 2. The monoisotopic (exact) mass is 536 g/mol. The number of halogens is 4. The standard InChI is InChI=1S/C26H31ClN4O2.CHF3/c1-3-21(25-29-22-12-11-19(27)16-23(22)30-25)28-24(32)15-18-7-6-8-20(17(2)9-10-18)26(33)31-13-4-5-14-31;2-1(3)4/h7-12,16-17,21H,3-6,13-15H2,1-2H3,(H,28,32)(H,29,30);1H/b10-9?,18-7+,20-8+;. The fourth-order valence-corrected chi connectivity index (χ4v) is 4.61. The molecule has 2 aromatic rings. The Morgan fingerprint density at radius 3 is 2.59 bits per heavy atom. The Hall–Kier alpha value is -3.07. The number of rotatable bonds is 6. The second-order valence-corrected chi connectivity index (χ2v) is 9.49. The van der Waals surface area contributed by atoms with Crippen LogP contribution in [-0.4, -0.2) is 46.5 Å². The lowest BCUT2D eigenvalue weighted by Crippen LogP contribution is -2.31. The molecule has 0 saturated carbocycles. The van der Waals surface area contributed by atoms with Crippen LogP contribution in [0.3, 0.4) is 0 Å². The molecule has 200 valence electrons. The average molecular weight is 537 g/mol. The molecule has 1 saturated heterocycles. The van der Waals surface area contributed by atoms with Crippen molar-refractivity contribution in [1.82, 2.24) is 20.2 Å². The van der Waals surface area contributed by atoms with Gasteiger partial charge in [-0.2, -0.15) is 13.2 Å². The first kappa shape index (κ1) is 28.5. The molecule has 2 aliphatic rings. The number of nitrogens with zero attached hydrogens (tertiary/aromatic N) is 2. The number of allylic oxidation sites excluding steroid dienone is 4. The van der Waals surface area contributed by atoms with Crippen molar-refractivity contribution >= 4 is 34.4 Å². The van der Waals surface area contributed by atoms with Crippen LogP contribution < -0.4 is 5.32 Å². The van der Waals surface area contributed by atoms with Crippen molar-refractivity contribution in [2.45, 2.75) is 58.7 Å². The van der Waals surface area contributed by atoms with Crippen molar-refractivity contribution in [2.75, 3.05) is 13.1 Å². The van der Waals surface area contributed by atoms with Crippen LogP contribution in [-0.2, 0) is 9.59 Å². The van der Waals surface area contributed by atoms with Gasteiger partial charge in [-0.15, -0.1) is 0 Å². The lowest BCUT2D eigenvalue weighted by atomic mass is 9.94.